The molecule has 0 spiro atoms. The van der Waals surface area contributed by atoms with Gasteiger partial charge in [-0.15, -0.1) is 0 Å². The SMILES string of the molecule is CCc1cnc(CNCc2ccc(Br)cc2F)o1. The van der Waals surface area contributed by atoms with Gasteiger partial charge in [0.2, 0.25) is 5.89 Å². The summed E-state index contributed by atoms with van der Waals surface area (Å²) in [5.41, 5.74) is 0.625. The Hall–Kier alpha value is -1.20. The van der Waals surface area contributed by atoms with Crippen LogP contribution in [-0.4, -0.2) is 4.98 Å². The number of nitrogens with one attached hydrogen (secondary N) is 1. The third-order valence-electron chi connectivity index (χ3n) is 2.56. The Morgan fingerprint density at radius 1 is 1.39 bits per heavy atom. The molecule has 0 bridgehead atoms. The monoisotopic (exact) mass is 312 g/mol. The lowest BCUT2D eigenvalue weighted by molar-refractivity contribution is 0.437. The van der Waals surface area contributed by atoms with E-state index in [2.05, 4.69) is 26.2 Å². The van der Waals surface area contributed by atoms with E-state index >= 15 is 0 Å². The van der Waals surface area contributed by atoms with E-state index < -0.39 is 0 Å². The number of oxazole rings is 1. The van der Waals surface area contributed by atoms with Crippen molar-refractivity contribution >= 4 is 15.9 Å². The summed E-state index contributed by atoms with van der Waals surface area (Å²) < 4.78 is 19.7. The number of aryl methyl sites for hydroxylation is 1. The van der Waals surface area contributed by atoms with Gasteiger partial charge in [-0.1, -0.05) is 28.9 Å². The summed E-state index contributed by atoms with van der Waals surface area (Å²) in [6.45, 7) is 2.95. The summed E-state index contributed by atoms with van der Waals surface area (Å²) in [6, 6.07) is 5.03. The molecule has 96 valence electrons. The second kappa shape index (κ2) is 6.11. The van der Waals surface area contributed by atoms with Crippen molar-refractivity contribution in [1.29, 1.82) is 0 Å². The summed E-state index contributed by atoms with van der Waals surface area (Å²) in [4.78, 5) is 4.12. The van der Waals surface area contributed by atoms with Crippen molar-refractivity contribution in [1.82, 2.24) is 10.3 Å². The van der Waals surface area contributed by atoms with Crippen LogP contribution >= 0.6 is 15.9 Å². The third kappa shape index (κ3) is 3.40. The van der Waals surface area contributed by atoms with Gasteiger partial charge < -0.3 is 9.73 Å². The van der Waals surface area contributed by atoms with Gasteiger partial charge in [0.05, 0.1) is 12.7 Å². The minimum atomic E-state index is -0.224. The Labute approximate surface area is 114 Å². The summed E-state index contributed by atoms with van der Waals surface area (Å²) >= 11 is 3.23. The van der Waals surface area contributed by atoms with Gasteiger partial charge >= 0.3 is 0 Å². The number of rotatable bonds is 5. The lowest BCUT2D eigenvalue weighted by Crippen LogP contribution is -2.13. The molecule has 1 aromatic heterocycles. The predicted molar refractivity (Wildman–Crippen MR) is 70.5 cm³/mol. The van der Waals surface area contributed by atoms with Crippen molar-refractivity contribution in [2.75, 3.05) is 0 Å². The van der Waals surface area contributed by atoms with Crippen molar-refractivity contribution in [3.8, 4) is 0 Å². The third-order valence-corrected chi connectivity index (χ3v) is 3.05. The normalized spacial score (nSPS) is 10.8. The number of aromatic nitrogens is 1. The molecule has 0 aliphatic heterocycles. The van der Waals surface area contributed by atoms with Gasteiger partial charge in [0.15, 0.2) is 0 Å². The van der Waals surface area contributed by atoms with E-state index in [1.54, 1.807) is 12.3 Å². The van der Waals surface area contributed by atoms with Crippen LogP contribution in [0.25, 0.3) is 0 Å². The Bertz CT molecular complexity index is 527. The maximum Gasteiger partial charge on any atom is 0.208 e. The number of halogens is 2. The standard InChI is InChI=1S/C13H14BrFN2O/c1-2-11-7-17-13(18-11)8-16-6-9-3-4-10(14)5-12(9)15/h3-5,7,16H,2,6,8H2,1H3. The van der Waals surface area contributed by atoms with Gasteiger partial charge in [-0.3, -0.25) is 0 Å². The van der Waals surface area contributed by atoms with Crippen molar-refractivity contribution in [3.05, 3.63) is 51.9 Å². The van der Waals surface area contributed by atoms with Crippen LogP contribution in [0.15, 0.2) is 33.3 Å². The maximum absolute atomic E-state index is 13.5. The van der Waals surface area contributed by atoms with E-state index in [-0.39, 0.29) is 5.82 Å². The highest BCUT2D eigenvalue weighted by Crippen LogP contribution is 2.15. The van der Waals surface area contributed by atoms with Gasteiger partial charge in [0.25, 0.3) is 0 Å². The molecule has 0 amide bonds. The van der Waals surface area contributed by atoms with Gasteiger partial charge in [0.1, 0.15) is 11.6 Å². The van der Waals surface area contributed by atoms with E-state index in [0.29, 0.717) is 24.5 Å². The van der Waals surface area contributed by atoms with Crippen molar-refractivity contribution in [2.24, 2.45) is 0 Å². The summed E-state index contributed by atoms with van der Waals surface area (Å²) in [5, 5.41) is 3.10. The number of hydrogen-bond acceptors (Lipinski definition) is 3. The van der Waals surface area contributed by atoms with Crippen LogP contribution in [0.2, 0.25) is 0 Å². The first kappa shape index (κ1) is 13.2. The van der Waals surface area contributed by atoms with E-state index in [9.17, 15) is 4.39 Å². The van der Waals surface area contributed by atoms with E-state index in [4.69, 9.17) is 4.42 Å². The smallest absolute Gasteiger partial charge is 0.208 e. The molecule has 1 aromatic carbocycles. The minimum absolute atomic E-state index is 0.224. The fraction of sp³-hybridized carbons (Fsp3) is 0.308. The Morgan fingerprint density at radius 3 is 2.89 bits per heavy atom. The zero-order chi connectivity index (χ0) is 13.0. The van der Waals surface area contributed by atoms with Crippen molar-refractivity contribution in [2.45, 2.75) is 26.4 Å². The zero-order valence-electron chi connectivity index (χ0n) is 10.0. The molecule has 0 saturated heterocycles. The predicted octanol–water partition coefficient (Wildman–Crippen LogP) is 3.43. The van der Waals surface area contributed by atoms with Crippen LogP contribution in [0.1, 0.15) is 24.1 Å². The fourth-order valence-corrected chi connectivity index (χ4v) is 1.90. The van der Waals surface area contributed by atoms with Crippen LogP contribution in [0, 0.1) is 5.82 Å². The molecule has 0 aliphatic carbocycles. The lowest BCUT2D eigenvalue weighted by atomic mass is 10.2. The average molecular weight is 313 g/mol. The molecule has 5 heteroatoms. The molecule has 3 nitrogen and oxygen atoms in total. The van der Waals surface area contributed by atoms with Gasteiger partial charge in [-0.25, -0.2) is 9.37 Å². The van der Waals surface area contributed by atoms with Crippen LogP contribution in [-0.2, 0) is 19.5 Å². The van der Waals surface area contributed by atoms with Gasteiger partial charge in [-0.05, 0) is 12.1 Å². The number of benzene rings is 1. The molecule has 2 rings (SSSR count). The van der Waals surface area contributed by atoms with Crippen LogP contribution in [0.5, 0.6) is 0 Å². The second-order valence-electron chi connectivity index (χ2n) is 3.91. The fourth-order valence-electron chi connectivity index (χ4n) is 1.56. The van der Waals surface area contributed by atoms with Crippen LogP contribution in [0.4, 0.5) is 4.39 Å². The molecule has 0 unspecified atom stereocenters. The first-order chi connectivity index (χ1) is 8.69. The summed E-state index contributed by atoms with van der Waals surface area (Å²) in [7, 11) is 0. The van der Waals surface area contributed by atoms with Crippen LogP contribution < -0.4 is 5.32 Å². The molecular formula is C13H14BrFN2O. The van der Waals surface area contributed by atoms with Crippen molar-refractivity contribution < 1.29 is 8.81 Å². The Kier molecular flexibility index (Phi) is 4.49. The first-order valence-corrected chi connectivity index (χ1v) is 6.56. The molecule has 0 aliphatic rings. The van der Waals surface area contributed by atoms with Crippen molar-refractivity contribution in [3.63, 3.8) is 0 Å². The van der Waals surface area contributed by atoms with E-state index in [1.165, 1.54) is 6.07 Å². The van der Waals surface area contributed by atoms with E-state index in [1.807, 2.05) is 13.0 Å². The molecule has 1 heterocycles. The zero-order valence-corrected chi connectivity index (χ0v) is 11.6. The largest absolute Gasteiger partial charge is 0.444 e. The summed E-state index contributed by atoms with van der Waals surface area (Å²) in [6.07, 6.45) is 2.55. The Morgan fingerprint density at radius 2 is 2.22 bits per heavy atom. The highest BCUT2D eigenvalue weighted by atomic mass is 79.9. The molecule has 0 radical (unpaired) electrons. The average Bonchev–Trinajstić information content (AvgIpc) is 2.80. The first-order valence-electron chi connectivity index (χ1n) is 5.77. The van der Waals surface area contributed by atoms with Crippen LogP contribution in [0.3, 0.4) is 0 Å². The molecule has 18 heavy (non-hydrogen) atoms. The molecule has 0 atom stereocenters. The van der Waals surface area contributed by atoms with E-state index in [0.717, 1.165) is 16.7 Å². The molecular weight excluding hydrogens is 299 g/mol. The highest BCUT2D eigenvalue weighted by molar-refractivity contribution is 9.10. The topological polar surface area (TPSA) is 38.1 Å². The quantitative estimate of drug-likeness (QED) is 0.919. The second-order valence-corrected chi connectivity index (χ2v) is 4.83. The Balaban J connectivity index is 1.88. The number of hydrogen-bond donors (Lipinski definition) is 1. The number of nitrogens with zero attached hydrogens (tertiary/aromatic N) is 1. The molecule has 0 fully saturated rings. The van der Waals surface area contributed by atoms with Gasteiger partial charge in [0, 0.05) is 23.0 Å². The molecule has 1 N–H and O–H groups in total. The maximum atomic E-state index is 13.5. The molecule has 0 saturated carbocycles. The minimum Gasteiger partial charge on any atom is -0.444 e. The van der Waals surface area contributed by atoms with Gasteiger partial charge in [-0.2, -0.15) is 0 Å². The highest BCUT2D eigenvalue weighted by Gasteiger charge is 2.04. The molecule has 2 aromatic rings. The lowest BCUT2D eigenvalue weighted by Gasteiger charge is -2.04. The summed E-state index contributed by atoms with van der Waals surface area (Å²) in [5.74, 6) is 1.27.